The van der Waals surface area contributed by atoms with Crippen molar-refractivity contribution >= 4 is 34.5 Å². The standard InChI is InChI=1S/C19H18F3N5O4/c1-3-31-18(28)17(26-24-14-7-5-4-6-8-14)12(2)23-25-15-10-9-13(19(20,21)22)11-16(15)27(29)30/h4-11,24-25H,3H2,1-2H3/b23-12+,26-17-. The molecule has 0 aliphatic rings. The zero-order valence-electron chi connectivity index (χ0n) is 16.4. The molecule has 0 atom stereocenters. The normalized spacial score (nSPS) is 12.3. The Bertz CT molecular complexity index is 1010. The lowest BCUT2D eigenvalue weighted by atomic mass is 10.1. The van der Waals surface area contributed by atoms with Crippen molar-refractivity contribution in [3.63, 3.8) is 0 Å². The van der Waals surface area contributed by atoms with Gasteiger partial charge in [0.05, 0.1) is 28.5 Å². The summed E-state index contributed by atoms with van der Waals surface area (Å²) in [6.07, 6.45) is -4.74. The Hall–Kier alpha value is -3.96. The van der Waals surface area contributed by atoms with Gasteiger partial charge in [0, 0.05) is 6.07 Å². The first-order valence-corrected chi connectivity index (χ1v) is 8.85. The molecule has 0 heterocycles. The van der Waals surface area contributed by atoms with Crippen molar-refractivity contribution < 1.29 is 27.6 Å². The molecule has 2 rings (SSSR count). The van der Waals surface area contributed by atoms with Gasteiger partial charge in [-0.15, -0.1) is 0 Å². The number of carbonyl (C=O) groups excluding carboxylic acids is 1. The van der Waals surface area contributed by atoms with Crippen LogP contribution in [0.1, 0.15) is 19.4 Å². The summed E-state index contributed by atoms with van der Waals surface area (Å²) in [5.41, 5.74) is 3.00. The molecular weight excluding hydrogens is 419 g/mol. The van der Waals surface area contributed by atoms with Crippen molar-refractivity contribution in [2.75, 3.05) is 17.5 Å². The summed E-state index contributed by atoms with van der Waals surface area (Å²) in [6, 6.07) is 10.6. The number of nitro benzene ring substituents is 1. The van der Waals surface area contributed by atoms with E-state index in [9.17, 15) is 28.1 Å². The molecule has 2 aromatic rings. The predicted molar refractivity (Wildman–Crippen MR) is 109 cm³/mol. The third-order valence-electron chi connectivity index (χ3n) is 3.75. The minimum atomic E-state index is -4.74. The van der Waals surface area contributed by atoms with Gasteiger partial charge in [-0.2, -0.15) is 23.4 Å². The topological polar surface area (TPSA) is 118 Å². The van der Waals surface area contributed by atoms with Gasteiger partial charge >= 0.3 is 12.1 Å². The highest BCUT2D eigenvalue weighted by Gasteiger charge is 2.33. The zero-order valence-corrected chi connectivity index (χ0v) is 16.4. The first-order valence-electron chi connectivity index (χ1n) is 8.85. The number of hydrazone groups is 2. The number of nitrogens with zero attached hydrogens (tertiary/aromatic N) is 3. The summed E-state index contributed by atoms with van der Waals surface area (Å²) in [6.45, 7) is 3.04. The van der Waals surface area contributed by atoms with Crippen LogP contribution in [0.15, 0.2) is 58.7 Å². The molecule has 2 aromatic carbocycles. The smallest absolute Gasteiger partial charge is 0.416 e. The Kier molecular flexibility index (Phi) is 7.66. The van der Waals surface area contributed by atoms with Gasteiger partial charge in [-0.1, -0.05) is 18.2 Å². The van der Waals surface area contributed by atoms with Gasteiger partial charge in [-0.3, -0.25) is 21.0 Å². The van der Waals surface area contributed by atoms with Gasteiger partial charge in [-0.05, 0) is 38.1 Å². The van der Waals surface area contributed by atoms with Gasteiger partial charge in [0.25, 0.3) is 5.69 Å². The molecule has 0 bridgehead atoms. The lowest BCUT2D eigenvalue weighted by Crippen LogP contribution is -2.26. The van der Waals surface area contributed by atoms with Crippen LogP contribution in [0.2, 0.25) is 0 Å². The molecule has 31 heavy (non-hydrogen) atoms. The van der Waals surface area contributed by atoms with E-state index in [-0.39, 0.29) is 23.7 Å². The SMILES string of the molecule is CCOC(=O)C(=N\Nc1ccccc1)/C(C)=N/Nc1ccc(C(F)(F)F)cc1[N+](=O)[O-]. The maximum atomic E-state index is 12.8. The number of hydrogen-bond donors (Lipinski definition) is 2. The van der Waals surface area contributed by atoms with E-state index in [1.807, 2.05) is 0 Å². The zero-order chi connectivity index (χ0) is 23.0. The fourth-order valence-corrected chi connectivity index (χ4v) is 2.26. The number of ether oxygens (including phenoxy) is 1. The van der Waals surface area contributed by atoms with E-state index in [1.165, 1.54) is 6.92 Å². The monoisotopic (exact) mass is 437 g/mol. The van der Waals surface area contributed by atoms with Crippen molar-refractivity contribution in [1.82, 2.24) is 0 Å². The lowest BCUT2D eigenvalue weighted by Gasteiger charge is -2.10. The van der Waals surface area contributed by atoms with Gasteiger partial charge in [0.15, 0.2) is 5.71 Å². The molecule has 0 unspecified atom stereocenters. The number of alkyl halides is 3. The van der Waals surface area contributed by atoms with E-state index >= 15 is 0 Å². The minimum absolute atomic E-state index is 0.0175. The predicted octanol–water partition coefficient (Wildman–Crippen LogP) is 4.43. The van der Waals surface area contributed by atoms with Crippen molar-refractivity contribution in [2.24, 2.45) is 10.2 Å². The van der Waals surface area contributed by atoms with Crippen molar-refractivity contribution in [2.45, 2.75) is 20.0 Å². The molecule has 0 saturated heterocycles. The number of hydrogen-bond acceptors (Lipinski definition) is 8. The molecule has 0 saturated carbocycles. The molecule has 0 aromatic heterocycles. The number of nitrogens with one attached hydrogen (secondary N) is 2. The van der Waals surface area contributed by atoms with Crippen LogP contribution in [0.25, 0.3) is 0 Å². The Labute approximate surface area is 174 Å². The second-order valence-corrected chi connectivity index (χ2v) is 5.95. The number of esters is 1. The number of anilines is 2. The first kappa shape index (κ1) is 23.3. The minimum Gasteiger partial charge on any atom is -0.461 e. The Morgan fingerprint density at radius 1 is 1.13 bits per heavy atom. The molecular formula is C19H18F3N5O4. The summed E-state index contributed by atoms with van der Waals surface area (Å²) in [4.78, 5) is 22.4. The van der Waals surface area contributed by atoms with Crippen LogP contribution in [0, 0.1) is 10.1 Å². The third kappa shape index (κ3) is 6.52. The van der Waals surface area contributed by atoms with Crippen LogP contribution < -0.4 is 10.9 Å². The lowest BCUT2D eigenvalue weighted by molar-refractivity contribution is -0.384. The highest BCUT2D eigenvalue weighted by molar-refractivity contribution is 6.65. The summed E-state index contributed by atoms with van der Waals surface area (Å²) in [5.74, 6) is -0.809. The Balaban J connectivity index is 2.32. The van der Waals surface area contributed by atoms with Gasteiger partial charge < -0.3 is 4.74 Å². The van der Waals surface area contributed by atoms with E-state index in [0.29, 0.717) is 17.8 Å². The summed E-state index contributed by atoms with van der Waals surface area (Å²) in [7, 11) is 0. The van der Waals surface area contributed by atoms with Crippen LogP contribution in [-0.4, -0.2) is 28.9 Å². The molecule has 0 radical (unpaired) electrons. The van der Waals surface area contributed by atoms with E-state index in [4.69, 9.17) is 4.74 Å². The molecule has 2 N–H and O–H groups in total. The van der Waals surface area contributed by atoms with Crippen molar-refractivity contribution in [3.05, 3.63) is 64.2 Å². The summed E-state index contributed by atoms with van der Waals surface area (Å²) < 4.78 is 43.4. The molecule has 9 nitrogen and oxygen atoms in total. The fraction of sp³-hybridized carbons (Fsp3) is 0.211. The summed E-state index contributed by atoms with van der Waals surface area (Å²) in [5, 5.41) is 19.0. The fourth-order valence-electron chi connectivity index (χ4n) is 2.26. The molecule has 12 heteroatoms. The Morgan fingerprint density at radius 2 is 1.81 bits per heavy atom. The number of benzene rings is 2. The average Bonchev–Trinajstić information content (AvgIpc) is 2.72. The highest BCUT2D eigenvalue weighted by Crippen LogP contribution is 2.34. The number of carbonyl (C=O) groups is 1. The number of halogens is 3. The van der Waals surface area contributed by atoms with E-state index in [0.717, 1.165) is 6.07 Å². The molecule has 0 spiro atoms. The summed E-state index contributed by atoms with van der Waals surface area (Å²) >= 11 is 0. The van der Waals surface area contributed by atoms with Crippen LogP contribution >= 0.6 is 0 Å². The number of rotatable bonds is 8. The number of para-hydroxylation sites is 1. The molecule has 164 valence electrons. The molecule has 0 aliphatic carbocycles. The van der Waals surface area contributed by atoms with E-state index < -0.39 is 28.3 Å². The Morgan fingerprint density at radius 3 is 2.39 bits per heavy atom. The third-order valence-corrected chi connectivity index (χ3v) is 3.75. The van der Waals surface area contributed by atoms with Gasteiger partial charge in [0.1, 0.15) is 5.69 Å². The quantitative estimate of drug-likeness (QED) is 0.273. The van der Waals surface area contributed by atoms with Crippen LogP contribution in [-0.2, 0) is 15.7 Å². The van der Waals surface area contributed by atoms with Gasteiger partial charge in [-0.25, -0.2) is 4.79 Å². The number of nitro groups is 1. The first-order chi connectivity index (χ1) is 14.6. The maximum Gasteiger partial charge on any atom is 0.416 e. The largest absolute Gasteiger partial charge is 0.461 e. The van der Waals surface area contributed by atoms with Crippen LogP contribution in [0.3, 0.4) is 0 Å². The van der Waals surface area contributed by atoms with Gasteiger partial charge in [0.2, 0.25) is 0 Å². The van der Waals surface area contributed by atoms with E-state index in [1.54, 1.807) is 37.3 Å². The van der Waals surface area contributed by atoms with E-state index in [2.05, 4.69) is 21.1 Å². The van der Waals surface area contributed by atoms with Crippen LogP contribution in [0.5, 0.6) is 0 Å². The van der Waals surface area contributed by atoms with Crippen molar-refractivity contribution in [1.29, 1.82) is 0 Å². The molecule has 0 amide bonds. The average molecular weight is 437 g/mol. The molecule has 0 fully saturated rings. The molecule has 0 aliphatic heterocycles. The van der Waals surface area contributed by atoms with Crippen molar-refractivity contribution in [3.8, 4) is 0 Å². The van der Waals surface area contributed by atoms with Crippen LogP contribution in [0.4, 0.5) is 30.2 Å². The maximum absolute atomic E-state index is 12.8. The second kappa shape index (κ2) is 10.2. The highest BCUT2D eigenvalue weighted by atomic mass is 19.4. The second-order valence-electron chi connectivity index (χ2n) is 5.95.